The SMILES string of the molecule is Cc1cc2c(cc1CN1CCN(C3CCNCC3)CC(O)C1)OCO2. The summed E-state index contributed by atoms with van der Waals surface area (Å²) in [5.41, 5.74) is 2.48. The van der Waals surface area contributed by atoms with Gasteiger partial charge in [0.25, 0.3) is 0 Å². The molecule has 3 aliphatic heterocycles. The van der Waals surface area contributed by atoms with Gasteiger partial charge in [0.05, 0.1) is 6.10 Å². The summed E-state index contributed by atoms with van der Waals surface area (Å²) < 4.78 is 11.0. The number of hydrogen-bond donors (Lipinski definition) is 2. The van der Waals surface area contributed by atoms with E-state index in [1.807, 2.05) is 0 Å². The van der Waals surface area contributed by atoms with E-state index in [9.17, 15) is 5.11 Å². The third-order valence-electron chi connectivity index (χ3n) is 5.67. The van der Waals surface area contributed by atoms with Gasteiger partial charge in [0.15, 0.2) is 11.5 Å². The van der Waals surface area contributed by atoms with E-state index in [1.165, 1.54) is 24.0 Å². The molecule has 6 heteroatoms. The molecule has 0 radical (unpaired) electrons. The molecule has 3 heterocycles. The molecule has 1 aromatic carbocycles. The number of nitrogens with zero attached hydrogens (tertiary/aromatic N) is 2. The zero-order chi connectivity index (χ0) is 17.2. The minimum Gasteiger partial charge on any atom is -0.454 e. The van der Waals surface area contributed by atoms with Crippen LogP contribution in [0.4, 0.5) is 0 Å². The van der Waals surface area contributed by atoms with E-state index in [-0.39, 0.29) is 6.10 Å². The molecular formula is C19H29N3O3. The van der Waals surface area contributed by atoms with Crippen LogP contribution < -0.4 is 14.8 Å². The Balaban J connectivity index is 1.41. The third-order valence-corrected chi connectivity index (χ3v) is 5.67. The van der Waals surface area contributed by atoms with Gasteiger partial charge in [0, 0.05) is 38.8 Å². The van der Waals surface area contributed by atoms with Crippen LogP contribution in [0.5, 0.6) is 11.5 Å². The third kappa shape index (κ3) is 3.92. The number of benzene rings is 1. The first kappa shape index (κ1) is 17.1. The molecule has 4 rings (SSSR count). The van der Waals surface area contributed by atoms with Crippen molar-refractivity contribution in [2.75, 3.05) is 46.1 Å². The van der Waals surface area contributed by atoms with Gasteiger partial charge in [-0.3, -0.25) is 9.80 Å². The lowest BCUT2D eigenvalue weighted by Gasteiger charge is -2.34. The summed E-state index contributed by atoms with van der Waals surface area (Å²) in [6.45, 7) is 9.02. The predicted octanol–water partition coefficient (Wildman–Crippen LogP) is 0.954. The van der Waals surface area contributed by atoms with Gasteiger partial charge in [0.2, 0.25) is 6.79 Å². The fourth-order valence-corrected chi connectivity index (χ4v) is 4.22. The normalized spacial score (nSPS) is 25.9. The van der Waals surface area contributed by atoms with Crippen molar-refractivity contribution in [2.24, 2.45) is 0 Å². The zero-order valence-corrected chi connectivity index (χ0v) is 15.0. The minimum absolute atomic E-state index is 0.285. The highest BCUT2D eigenvalue weighted by Gasteiger charge is 2.27. The molecule has 0 aromatic heterocycles. The molecule has 138 valence electrons. The van der Waals surface area contributed by atoms with E-state index in [0.29, 0.717) is 12.8 Å². The molecule has 0 amide bonds. The highest BCUT2D eigenvalue weighted by molar-refractivity contribution is 5.48. The minimum atomic E-state index is -0.285. The van der Waals surface area contributed by atoms with Crippen molar-refractivity contribution in [2.45, 2.75) is 38.5 Å². The Morgan fingerprint density at radius 2 is 1.88 bits per heavy atom. The lowest BCUT2D eigenvalue weighted by atomic mass is 10.0. The lowest BCUT2D eigenvalue weighted by Crippen LogP contribution is -2.46. The van der Waals surface area contributed by atoms with Gasteiger partial charge >= 0.3 is 0 Å². The Morgan fingerprint density at radius 3 is 2.68 bits per heavy atom. The first-order valence-electron chi connectivity index (χ1n) is 9.43. The standard InChI is InChI=1S/C19H29N3O3/c1-14-8-18-19(25-13-24-18)9-15(14)10-21-6-7-22(12-17(23)11-21)16-2-4-20-5-3-16/h8-9,16-17,20,23H,2-7,10-13H2,1H3. The van der Waals surface area contributed by atoms with Crippen LogP contribution in [0.15, 0.2) is 12.1 Å². The van der Waals surface area contributed by atoms with E-state index >= 15 is 0 Å². The first-order chi connectivity index (χ1) is 12.2. The molecule has 0 bridgehead atoms. The van der Waals surface area contributed by atoms with Crippen molar-refractivity contribution in [3.8, 4) is 11.5 Å². The second-order valence-corrected chi connectivity index (χ2v) is 7.50. The molecule has 2 saturated heterocycles. The van der Waals surface area contributed by atoms with Crippen LogP contribution in [-0.2, 0) is 6.54 Å². The molecule has 1 atom stereocenters. The highest BCUT2D eigenvalue weighted by Crippen LogP contribution is 2.35. The van der Waals surface area contributed by atoms with Gasteiger partial charge in [0.1, 0.15) is 0 Å². The first-order valence-corrected chi connectivity index (χ1v) is 9.43. The number of β-amino-alcohol motifs (C(OH)–C–C–N with tert-alkyl or cyclic N) is 1. The number of aliphatic hydroxyl groups is 1. The van der Waals surface area contributed by atoms with Crippen LogP contribution >= 0.6 is 0 Å². The van der Waals surface area contributed by atoms with Crippen molar-refractivity contribution in [3.05, 3.63) is 23.3 Å². The van der Waals surface area contributed by atoms with Gasteiger partial charge in [-0.1, -0.05) is 0 Å². The van der Waals surface area contributed by atoms with Gasteiger partial charge in [-0.05, 0) is 56.1 Å². The van der Waals surface area contributed by atoms with Crippen LogP contribution in [0.3, 0.4) is 0 Å². The van der Waals surface area contributed by atoms with Crippen molar-refractivity contribution < 1.29 is 14.6 Å². The number of rotatable bonds is 3. The van der Waals surface area contributed by atoms with Crippen LogP contribution in [0, 0.1) is 6.92 Å². The highest BCUT2D eigenvalue weighted by atomic mass is 16.7. The number of hydrogen-bond acceptors (Lipinski definition) is 6. The fourth-order valence-electron chi connectivity index (χ4n) is 4.22. The smallest absolute Gasteiger partial charge is 0.231 e. The second-order valence-electron chi connectivity index (χ2n) is 7.50. The summed E-state index contributed by atoms with van der Waals surface area (Å²) >= 11 is 0. The maximum absolute atomic E-state index is 10.5. The summed E-state index contributed by atoms with van der Waals surface area (Å²) in [6, 6.07) is 4.77. The number of aliphatic hydroxyl groups excluding tert-OH is 1. The maximum Gasteiger partial charge on any atom is 0.231 e. The van der Waals surface area contributed by atoms with E-state index in [2.05, 4.69) is 34.2 Å². The molecule has 0 spiro atoms. The maximum atomic E-state index is 10.5. The molecule has 6 nitrogen and oxygen atoms in total. The number of ether oxygens (including phenoxy) is 2. The molecule has 1 aromatic rings. The van der Waals surface area contributed by atoms with Gasteiger partial charge < -0.3 is 19.9 Å². The lowest BCUT2D eigenvalue weighted by molar-refractivity contribution is 0.0853. The molecule has 3 aliphatic rings. The largest absolute Gasteiger partial charge is 0.454 e. The average molecular weight is 347 g/mol. The quantitative estimate of drug-likeness (QED) is 0.849. The molecule has 0 saturated carbocycles. The second kappa shape index (κ2) is 7.50. The average Bonchev–Trinajstić information content (AvgIpc) is 2.97. The van der Waals surface area contributed by atoms with E-state index in [1.54, 1.807) is 0 Å². The van der Waals surface area contributed by atoms with Crippen molar-refractivity contribution in [1.29, 1.82) is 0 Å². The Hall–Kier alpha value is -1.34. The topological polar surface area (TPSA) is 57.2 Å². The molecular weight excluding hydrogens is 318 g/mol. The number of piperidine rings is 1. The van der Waals surface area contributed by atoms with Crippen LogP contribution in [0.2, 0.25) is 0 Å². The Labute approximate surface area is 149 Å². The van der Waals surface area contributed by atoms with E-state index < -0.39 is 0 Å². The summed E-state index contributed by atoms with van der Waals surface area (Å²) in [5, 5.41) is 13.9. The summed E-state index contributed by atoms with van der Waals surface area (Å²) in [7, 11) is 0. The fraction of sp³-hybridized carbons (Fsp3) is 0.684. The monoisotopic (exact) mass is 347 g/mol. The van der Waals surface area contributed by atoms with Crippen LogP contribution in [0.25, 0.3) is 0 Å². The molecule has 0 aliphatic carbocycles. The van der Waals surface area contributed by atoms with Crippen LogP contribution in [-0.4, -0.2) is 73.1 Å². The Bertz CT molecular complexity index is 604. The Morgan fingerprint density at radius 1 is 1.12 bits per heavy atom. The number of fused-ring (bicyclic) bond motifs is 1. The van der Waals surface area contributed by atoms with Crippen molar-refractivity contribution in [3.63, 3.8) is 0 Å². The van der Waals surface area contributed by atoms with Gasteiger partial charge in [-0.2, -0.15) is 0 Å². The molecule has 1 unspecified atom stereocenters. The van der Waals surface area contributed by atoms with Gasteiger partial charge in [-0.25, -0.2) is 0 Å². The molecule has 2 N–H and O–H groups in total. The van der Waals surface area contributed by atoms with E-state index in [4.69, 9.17) is 9.47 Å². The summed E-state index contributed by atoms with van der Waals surface area (Å²) in [5.74, 6) is 1.68. The number of aryl methyl sites for hydroxylation is 1. The van der Waals surface area contributed by atoms with Crippen LogP contribution in [0.1, 0.15) is 24.0 Å². The van der Waals surface area contributed by atoms with Crippen molar-refractivity contribution >= 4 is 0 Å². The summed E-state index contributed by atoms with van der Waals surface area (Å²) in [6.07, 6.45) is 2.09. The molecule has 25 heavy (non-hydrogen) atoms. The van der Waals surface area contributed by atoms with E-state index in [0.717, 1.165) is 57.3 Å². The summed E-state index contributed by atoms with van der Waals surface area (Å²) in [4.78, 5) is 4.87. The van der Waals surface area contributed by atoms with Gasteiger partial charge in [-0.15, -0.1) is 0 Å². The number of nitrogens with one attached hydrogen (secondary N) is 1. The predicted molar refractivity (Wildman–Crippen MR) is 96.1 cm³/mol. The zero-order valence-electron chi connectivity index (χ0n) is 15.0. The Kier molecular flexibility index (Phi) is 5.12. The molecule has 2 fully saturated rings. The van der Waals surface area contributed by atoms with Crippen molar-refractivity contribution in [1.82, 2.24) is 15.1 Å².